The van der Waals surface area contributed by atoms with Crippen LogP contribution in [0.2, 0.25) is 0 Å². The molecule has 2 heteroatoms. The zero-order chi connectivity index (χ0) is 7.94. The first kappa shape index (κ1) is 8.75. The second-order valence-electron chi connectivity index (χ2n) is 2.94. The summed E-state index contributed by atoms with van der Waals surface area (Å²) < 4.78 is 0. The standard InChI is InChI=1S/C9H17NO/c1-2-3-8-10-11-9-6-4-5-7-9/h2-3,9-10H,4-8H2,1H3/b3-2+. The summed E-state index contributed by atoms with van der Waals surface area (Å²) >= 11 is 0. The molecule has 0 heterocycles. The average Bonchev–Trinajstić information content (AvgIpc) is 2.50. The summed E-state index contributed by atoms with van der Waals surface area (Å²) in [7, 11) is 0. The van der Waals surface area contributed by atoms with Crippen molar-refractivity contribution in [2.45, 2.75) is 38.7 Å². The Morgan fingerprint density at radius 1 is 1.45 bits per heavy atom. The first-order valence-electron chi connectivity index (χ1n) is 4.43. The Bertz CT molecular complexity index is 117. The second kappa shape index (κ2) is 5.33. The van der Waals surface area contributed by atoms with Crippen LogP contribution in [0, 0.1) is 0 Å². The second-order valence-corrected chi connectivity index (χ2v) is 2.94. The SMILES string of the molecule is C/C=C/CNOC1CCCC1. The molecule has 0 unspecified atom stereocenters. The van der Waals surface area contributed by atoms with Gasteiger partial charge in [0.1, 0.15) is 0 Å². The summed E-state index contributed by atoms with van der Waals surface area (Å²) in [6.45, 7) is 2.84. The van der Waals surface area contributed by atoms with Crippen LogP contribution in [0.3, 0.4) is 0 Å². The van der Waals surface area contributed by atoms with Crippen molar-refractivity contribution in [1.29, 1.82) is 0 Å². The monoisotopic (exact) mass is 155 g/mol. The van der Waals surface area contributed by atoms with Gasteiger partial charge in [0.2, 0.25) is 0 Å². The Morgan fingerprint density at radius 3 is 2.82 bits per heavy atom. The molecule has 0 aromatic heterocycles. The van der Waals surface area contributed by atoms with Crippen LogP contribution in [0.4, 0.5) is 0 Å². The lowest BCUT2D eigenvalue weighted by Gasteiger charge is -2.09. The van der Waals surface area contributed by atoms with E-state index in [9.17, 15) is 0 Å². The Morgan fingerprint density at radius 2 is 2.18 bits per heavy atom. The highest BCUT2D eigenvalue weighted by Gasteiger charge is 2.14. The first-order chi connectivity index (χ1) is 5.43. The molecule has 1 aliphatic carbocycles. The zero-order valence-corrected chi connectivity index (χ0v) is 7.18. The van der Waals surface area contributed by atoms with Gasteiger partial charge in [-0.15, -0.1) is 0 Å². The molecule has 1 rings (SSSR count). The topological polar surface area (TPSA) is 21.3 Å². The van der Waals surface area contributed by atoms with Gasteiger partial charge in [0.25, 0.3) is 0 Å². The molecular formula is C9H17NO. The number of nitrogens with one attached hydrogen (secondary N) is 1. The Hall–Kier alpha value is -0.340. The van der Waals surface area contributed by atoms with Crippen LogP contribution < -0.4 is 5.48 Å². The number of rotatable bonds is 4. The maximum atomic E-state index is 5.40. The molecule has 1 saturated carbocycles. The van der Waals surface area contributed by atoms with Crippen molar-refractivity contribution in [2.24, 2.45) is 0 Å². The molecule has 0 atom stereocenters. The summed E-state index contributed by atoms with van der Waals surface area (Å²) in [5.41, 5.74) is 2.94. The van der Waals surface area contributed by atoms with Gasteiger partial charge in [0.05, 0.1) is 6.10 Å². The van der Waals surface area contributed by atoms with E-state index >= 15 is 0 Å². The minimum Gasteiger partial charge on any atom is -0.298 e. The predicted octanol–water partition coefficient (Wildman–Crippen LogP) is 2.03. The van der Waals surface area contributed by atoms with E-state index in [1.165, 1.54) is 25.7 Å². The molecule has 2 nitrogen and oxygen atoms in total. The van der Waals surface area contributed by atoms with E-state index in [0.29, 0.717) is 6.10 Å². The predicted molar refractivity (Wildman–Crippen MR) is 46.2 cm³/mol. The minimum absolute atomic E-state index is 0.472. The molecule has 0 aromatic rings. The third-order valence-corrected chi connectivity index (χ3v) is 1.99. The van der Waals surface area contributed by atoms with Crippen molar-refractivity contribution in [3.05, 3.63) is 12.2 Å². The summed E-state index contributed by atoms with van der Waals surface area (Å²) in [4.78, 5) is 5.40. The molecule has 1 aliphatic rings. The van der Waals surface area contributed by atoms with Gasteiger partial charge in [-0.05, 0) is 19.8 Å². The number of hydrogen-bond donors (Lipinski definition) is 1. The lowest BCUT2D eigenvalue weighted by Crippen LogP contribution is -2.21. The van der Waals surface area contributed by atoms with Crippen LogP contribution in [0.5, 0.6) is 0 Å². The van der Waals surface area contributed by atoms with Crippen molar-refractivity contribution in [3.8, 4) is 0 Å². The van der Waals surface area contributed by atoms with E-state index in [2.05, 4.69) is 11.6 Å². The Labute approximate surface area is 68.6 Å². The van der Waals surface area contributed by atoms with E-state index < -0.39 is 0 Å². The van der Waals surface area contributed by atoms with E-state index in [-0.39, 0.29) is 0 Å². The maximum absolute atomic E-state index is 5.40. The molecule has 0 aliphatic heterocycles. The Balaban J connectivity index is 1.93. The molecule has 0 bridgehead atoms. The van der Waals surface area contributed by atoms with Gasteiger partial charge >= 0.3 is 0 Å². The smallest absolute Gasteiger partial charge is 0.0790 e. The quantitative estimate of drug-likeness (QED) is 0.381. The fourth-order valence-electron chi connectivity index (χ4n) is 1.34. The van der Waals surface area contributed by atoms with Crippen molar-refractivity contribution < 1.29 is 4.84 Å². The van der Waals surface area contributed by atoms with E-state index in [0.717, 1.165) is 6.54 Å². The fraction of sp³-hybridized carbons (Fsp3) is 0.778. The first-order valence-corrected chi connectivity index (χ1v) is 4.43. The van der Waals surface area contributed by atoms with Gasteiger partial charge in [0.15, 0.2) is 0 Å². The number of allylic oxidation sites excluding steroid dienone is 1. The van der Waals surface area contributed by atoms with E-state index in [4.69, 9.17) is 4.84 Å². The van der Waals surface area contributed by atoms with Crippen LogP contribution in [0.15, 0.2) is 12.2 Å². The third-order valence-electron chi connectivity index (χ3n) is 1.99. The summed E-state index contributed by atoms with van der Waals surface area (Å²) in [6, 6.07) is 0. The van der Waals surface area contributed by atoms with Crippen molar-refractivity contribution >= 4 is 0 Å². The molecule has 11 heavy (non-hydrogen) atoms. The van der Waals surface area contributed by atoms with Gasteiger partial charge in [-0.2, -0.15) is 5.48 Å². The summed E-state index contributed by atoms with van der Waals surface area (Å²) in [5, 5.41) is 0. The molecule has 0 saturated heterocycles. The summed E-state index contributed by atoms with van der Waals surface area (Å²) in [6.07, 6.45) is 9.65. The number of hydrogen-bond acceptors (Lipinski definition) is 2. The molecule has 0 spiro atoms. The molecule has 0 radical (unpaired) electrons. The molecule has 1 N–H and O–H groups in total. The highest BCUT2D eigenvalue weighted by Crippen LogP contribution is 2.19. The molecule has 0 aromatic carbocycles. The zero-order valence-electron chi connectivity index (χ0n) is 7.18. The van der Waals surface area contributed by atoms with Gasteiger partial charge in [0, 0.05) is 6.54 Å². The van der Waals surface area contributed by atoms with Crippen molar-refractivity contribution in [3.63, 3.8) is 0 Å². The van der Waals surface area contributed by atoms with Crippen molar-refractivity contribution in [1.82, 2.24) is 5.48 Å². The van der Waals surface area contributed by atoms with Gasteiger partial charge in [-0.3, -0.25) is 4.84 Å². The largest absolute Gasteiger partial charge is 0.298 e. The molecule has 64 valence electrons. The fourth-order valence-corrected chi connectivity index (χ4v) is 1.34. The van der Waals surface area contributed by atoms with E-state index in [1.807, 2.05) is 13.0 Å². The minimum atomic E-state index is 0.472. The molecule has 1 fully saturated rings. The number of hydroxylamine groups is 1. The van der Waals surface area contributed by atoms with E-state index in [1.54, 1.807) is 0 Å². The van der Waals surface area contributed by atoms with Crippen LogP contribution in [-0.2, 0) is 4.84 Å². The van der Waals surface area contributed by atoms with Crippen LogP contribution in [0.1, 0.15) is 32.6 Å². The van der Waals surface area contributed by atoms with Gasteiger partial charge in [-0.1, -0.05) is 25.0 Å². The van der Waals surface area contributed by atoms with Gasteiger partial charge < -0.3 is 0 Å². The van der Waals surface area contributed by atoms with Crippen LogP contribution in [0.25, 0.3) is 0 Å². The lowest BCUT2D eigenvalue weighted by molar-refractivity contribution is -0.0148. The normalized spacial score (nSPS) is 20.1. The average molecular weight is 155 g/mol. The molecular weight excluding hydrogens is 138 g/mol. The van der Waals surface area contributed by atoms with Crippen LogP contribution >= 0.6 is 0 Å². The summed E-state index contributed by atoms with van der Waals surface area (Å²) in [5.74, 6) is 0. The van der Waals surface area contributed by atoms with Crippen LogP contribution in [-0.4, -0.2) is 12.6 Å². The molecule has 0 amide bonds. The highest BCUT2D eigenvalue weighted by atomic mass is 16.7. The third kappa shape index (κ3) is 3.54. The van der Waals surface area contributed by atoms with Crippen molar-refractivity contribution in [2.75, 3.05) is 6.54 Å². The Kier molecular flexibility index (Phi) is 4.24. The maximum Gasteiger partial charge on any atom is 0.0790 e. The highest BCUT2D eigenvalue weighted by molar-refractivity contribution is 4.77. The lowest BCUT2D eigenvalue weighted by atomic mass is 10.3. The van der Waals surface area contributed by atoms with Gasteiger partial charge in [-0.25, -0.2) is 0 Å².